The van der Waals surface area contributed by atoms with Crippen molar-refractivity contribution in [1.82, 2.24) is 0 Å². The standard InChI is InChI=1S/C16H21NO3/c1-3-11(2)13-9-8-12-6-4-5-7-14(12)17(16(13)20)10-15(18)19/h4-7,11,13H,3,8-10H2,1-2H3,(H,18,19). The van der Waals surface area contributed by atoms with Gasteiger partial charge in [0.05, 0.1) is 0 Å². The summed E-state index contributed by atoms with van der Waals surface area (Å²) in [6, 6.07) is 7.61. The molecule has 2 atom stereocenters. The third-order valence-electron chi connectivity index (χ3n) is 4.21. The van der Waals surface area contributed by atoms with E-state index in [-0.39, 0.29) is 24.3 Å². The number of aryl methyl sites for hydroxylation is 1. The number of amides is 1. The van der Waals surface area contributed by atoms with E-state index in [4.69, 9.17) is 5.11 Å². The van der Waals surface area contributed by atoms with Gasteiger partial charge in [0, 0.05) is 11.6 Å². The quantitative estimate of drug-likeness (QED) is 0.919. The van der Waals surface area contributed by atoms with Crippen LogP contribution in [-0.4, -0.2) is 23.5 Å². The SMILES string of the molecule is CCC(C)C1CCc2ccccc2N(CC(=O)O)C1=O. The molecule has 1 aromatic rings. The fraction of sp³-hybridized carbons (Fsp3) is 0.500. The smallest absolute Gasteiger partial charge is 0.323 e. The minimum atomic E-state index is -0.974. The van der Waals surface area contributed by atoms with Gasteiger partial charge in [-0.05, 0) is 30.4 Å². The van der Waals surface area contributed by atoms with E-state index in [1.165, 1.54) is 4.90 Å². The third-order valence-corrected chi connectivity index (χ3v) is 4.21. The Morgan fingerprint density at radius 1 is 1.45 bits per heavy atom. The van der Waals surface area contributed by atoms with E-state index in [0.717, 1.165) is 30.5 Å². The lowest BCUT2D eigenvalue weighted by Crippen LogP contribution is -2.41. The Hall–Kier alpha value is -1.84. The summed E-state index contributed by atoms with van der Waals surface area (Å²) >= 11 is 0. The van der Waals surface area contributed by atoms with Crippen LogP contribution in [0.25, 0.3) is 0 Å². The van der Waals surface area contributed by atoms with Crippen molar-refractivity contribution >= 4 is 17.6 Å². The molecule has 0 saturated heterocycles. The molecule has 0 radical (unpaired) electrons. The van der Waals surface area contributed by atoms with Crippen LogP contribution < -0.4 is 4.90 Å². The van der Waals surface area contributed by atoms with Gasteiger partial charge in [0.25, 0.3) is 0 Å². The number of rotatable bonds is 4. The Balaban J connectivity index is 2.40. The van der Waals surface area contributed by atoms with E-state index >= 15 is 0 Å². The molecule has 1 aliphatic rings. The number of nitrogens with zero attached hydrogens (tertiary/aromatic N) is 1. The summed E-state index contributed by atoms with van der Waals surface area (Å²) < 4.78 is 0. The maximum absolute atomic E-state index is 12.7. The van der Waals surface area contributed by atoms with Crippen LogP contribution in [0, 0.1) is 11.8 Å². The van der Waals surface area contributed by atoms with Gasteiger partial charge in [0.2, 0.25) is 5.91 Å². The average molecular weight is 275 g/mol. The molecule has 4 heteroatoms. The molecule has 0 spiro atoms. The molecule has 2 rings (SSSR count). The highest BCUT2D eigenvalue weighted by atomic mass is 16.4. The molecule has 0 saturated carbocycles. The molecule has 0 fully saturated rings. The first-order chi connectivity index (χ1) is 9.54. The second-order valence-electron chi connectivity index (χ2n) is 5.48. The monoisotopic (exact) mass is 275 g/mol. The van der Waals surface area contributed by atoms with Gasteiger partial charge in [-0.3, -0.25) is 9.59 Å². The van der Waals surface area contributed by atoms with Crippen LogP contribution in [0.4, 0.5) is 5.69 Å². The lowest BCUT2D eigenvalue weighted by atomic mass is 9.87. The number of carboxylic acid groups (broad SMARTS) is 1. The van der Waals surface area contributed by atoms with Crippen LogP contribution in [0.5, 0.6) is 0 Å². The summed E-state index contributed by atoms with van der Waals surface area (Å²) in [6.45, 7) is 3.87. The second kappa shape index (κ2) is 6.07. The molecule has 0 bridgehead atoms. The molecule has 4 nitrogen and oxygen atoms in total. The van der Waals surface area contributed by atoms with Crippen LogP contribution >= 0.6 is 0 Å². The largest absolute Gasteiger partial charge is 0.480 e. The summed E-state index contributed by atoms with van der Waals surface area (Å²) in [6.07, 6.45) is 2.54. The molecule has 1 amide bonds. The number of carboxylic acids is 1. The minimum absolute atomic E-state index is 0.0494. The van der Waals surface area contributed by atoms with Gasteiger partial charge in [-0.15, -0.1) is 0 Å². The number of hydrogen-bond acceptors (Lipinski definition) is 2. The minimum Gasteiger partial charge on any atom is -0.480 e. The van der Waals surface area contributed by atoms with Gasteiger partial charge in [-0.25, -0.2) is 0 Å². The zero-order valence-corrected chi connectivity index (χ0v) is 12.0. The van der Waals surface area contributed by atoms with E-state index in [1.54, 1.807) is 0 Å². The zero-order valence-electron chi connectivity index (χ0n) is 12.0. The van der Waals surface area contributed by atoms with Crippen molar-refractivity contribution < 1.29 is 14.7 Å². The Kier molecular flexibility index (Phi) is 4.42. The molecule has 1 aromatic carbocycles. The van der Waals surface area contributed by atoms with Crippen LogP contribution in [0.3, 0.4) is 0 Å². The van der Waals surface area contributed by atoms with Crippen LogP contribution in [-0.2, 0) is 16.0 Å². The van der Waals surface area contributed by atoms with Gasteiger partial charge in [-0.2, -0.15) is 0 Å². The highest BCUT2D eigenvalue weighted by molar-refractivity contribution is 6.00. The summed E-state index contributed by atoms with van der Waals surface area (Å²) in [5, 5.41) is 9.09. The van der Waals surface area contributed by atoms with Gasteiger partial charge in [0.1, 0.15) is 6.54 Å². The highest BCUT2D eigenvalue weighted by Crippen LogP contribution is 2.33. The van der Waals surface area contributed by atoms with Crippen LogP contribution in [0.15, 0.2) is 24.3 Å². The normalized spacial score (nSPS) is 20.2. The summed E-state index contributed by atoms with van der Waals surface area (Å²) in [4.78, 5) is 25.2. The maximum atomic E-state index is 12.7. The van der Waals surface area contributed by atoms with Crippen LogP contribution in [0.1, 0.15) is 32.3 Å². The highest BCUT2D eigenvalue weighted by Gasteiger charge is 2.33. The van der Waals surface area contributed by atoms with E-state index in [9.17, 15) is 9.59 Å². The summed E-state index contributed by atoms with van der Waals surface area (Å²) in [5.41, 5.74) is 1.82. The van der Waals surface area contributed by atoms with Crippen LogP contribution in [0.2, 0.25) is 0 Å². The molecular weight excluding hydrogens is 254 g/mol. The molecule has 0 aromatic heterocycles. The molecule has 2 unspecified atom stereocenters. The van der Waals surface area contributed by atoms with Crippen molar-refractivity contribution in [1.29, 1.82) is 0 Å². The van der Waals surface area contributed by atoms with Gasteiger partial charge < -0.3 is 10.0 Å². The van der Waals surface area contributed by atoms with Crippen molar-refractivity contribution in [3.63, 3.8) is 0 Å². The molecule has 1 heterocycles. The lowest BCUT2D eigenvalue weighted by Gasteiger charge is -2.27. The molecule has 1 N–H and O–H groups in total. The first kappa shape index (κ1) is 14.6. The summed E-state index contributed by atoms with van der Waals surface area (Å²) in [5.74, 6) is -0.843. The van der Waals surface area contributed by atoms with Gasteiger partial charge in [0.15, 0.2) is 0 Å². The predicted molar refractivity (Wildman–Crippen MR) is 77.7 cm³/mol. The Morgan fingerprint density at radius 3 is 2.80 bits per heavy atom. The van der Waals surface area contributed by atoms with E-state index < -0.39 is 5.97 Å². The molecule has 108 valence electrons. The fourth-order valence-corrected chi connectivity index (χ4v) is 2.85. The molecule has 20 heavy (non-hydrogen) atoms. The predicted octanol–water partition coefficient (Wildman–Crippen LogP) is 2.71. The van der Waals surface area contributed by atoms with Gasteiger partial charge >= 0.3 is 5.97 Å². The van der Waals surface area contributed by atoms with Gasteiger partial charge in [-0.1, -0.05) is 38.5 Å². The number of fused-ring (bicyclic) bond motifs is 1. The number of para-hydroxylation sites is 1. The Morgan fingerprint density at radius 2 is 2.15 bits per heavy atom. The lowest BCUT2D eigenvalue weighted by molar-refractivity contribution is -0.137. The Labute approximate surface area is 119 Å². The number of carbonyl (C=O) groups excluding carboxylic acids is 1. The van der Waals surface area contributed by atoms with Crippen molar-refractivity contribution in [2.75, 3.05) is 11.4 Å². The van der Waals surface area contributed by atoms with E-state index in [2.05, 4.69) is 13.8 Å². The van der Waals surface area contributed by atoms with Crippen molar-refractivity contribution in [2.24, 2.45) is 11.8 Å². The zero-order chi connectivity index (χ0) is 14.7. The fourth-order valence-electron chi connectivity index (χ4n) is 2.85. The Bertz CT molecular complexity index is 512. The number of aliphatic carboxylic acids is 1. The third kappa shape index (κ3) is 2.84. The summed E-state index contributed by atoms with van der Waals surface area (Å²) in [7, 11) is 0. The number of hydrogen-bond donors (Lipinski definition) is 1. The number of benzene rings is 1. The first-order valence-corrected chi connectivity index (χ1v) is 7.15. The second-order valence-corrected chi connectivity index (χ2v) is 5.48. The van der Waals surface area contributed by atoms with Crippen molar-refractivity contribution in [3.05, 3.63) is 29.8 Å². The first-order valence-electron chi connectivity index (χ1n) is 7.15. The number of carbonyl (C=O) groups is 2. The van der Waals surface area contributed by atoms with E-state index in [0.29, 0.717) is 0 Å². The van der Waals surface area contributed by atoms with E-state index in [1.807, 2.05) is 24.3 Å². The average Bonchev–Trinajstić information content (AvgIpc) is 2.56. The molecular formula is C16H21NO3. The molecule has 1 aliphatic heterocycles. The van der Waals surface area contributed by atoms with Crippen molar-refractivity contribution in [2.45, 2.75) is 33.1 Å². The molecule has 0 aliphatic carbocycles. The van der Waals surface area contributed by atoms with Crippen molar-refractivity contribution in [3.8, 4) is 0 Å². The maximum Gasteiger partial charge on any atom is 0.323 e. The topological polar surface area (TPSA) is 57.6 Å². The number of anilines is 1.